The molecule has 12 aromatic rings. The third-order valence-electron chi connectivity index (χ3n) is 16.8. The van der Waals surface area contributed by atoms with Crippen LogP contribution in [0.2, 0.25) is 0 Å². The summed E-state index contributed by atoms with van der Waals surface area (Å²) in [7, 11) is -2.97. The van der Waals surface area contributed by atoms with Gasteiger partial charge in [-0.2, -0.15) is 0 Å². The van der Waals surface area contributed by atoms with Gasteiger partial charge in [0.1, 0.15) is 0 Å². The van der Waals surface area contributed by atoms with Gasteiger partial charge in [0.15, 0.2) is 8.07 Å². The molecule has 4 heteroatoms. The van der Waals surface area contributed by atoms with E-state index in [2.05, 4.69) is 297 Å². The van der Waals surface area contributed by atoms with E-state index in [0.717, 1.165) is 5.69 Å². The third kappa shape index (κ3) is 6.47. The van der Waals surface area contributed by atoms with Crippen LogP contribution in [0.25, 0.3) is 54.9 Å². The van der Waals surface area contributed by atoms with E-state index >= 15 is 0 Å². The predicted octanol–water partition coefficient (Wildman–Crippen LogP) is 14.1. The lowest BCUT2D eigenvalue weighted by atomic mass is 9.33. The number of para-hydroxylation sites is 2. The van der Waals surface area contributed by atoms with Crippen LogP contribution >= 0.6 is 0 Å². The van der Waals surface area contributed by atoms with Crippen LogP contribution in [-0.2, 0) is 5.41 Å². The fourth-order valence-electron chi connectivity index (χ4n) is 13.6. The minimum atomic E-state index is -2.97. The summed E-state index contributed by atoms with van der Waals surface area (Å²) in [6.07, 6.45) is 0. The molecule has 0 amide bonds. The van der Waals surface area contributed by atoms with Crippen molar-refractivity contribution in [2.75, 3.05) is 9.80 Å². The molecule has 0 saturated carbocycles. The maximum absolute atomic E-state index is 2.97. The normalized spacial score (nSPS) is 13.8. The van der Waals surface area contributed by atoms with E-state index < -0.39 is 8.07 Å². The zero-order valence-electron chi connectivity index (χ0n) is 42.9. The van der Waals surface area contributed by atoms with Crippen LogP contribution in [-0.4, -0.2) is 14.8 Å². The van der Waals surface area contributed by atoms with Crippen LogP contribution in [0.5, 0.6) is 0 Å². The highest BCUT2D eigenvalue weighted by Gasteiger charge is 2.53. The van der Waals surface area contributed by atoms with Gasteiger partial charge in [-0.3, -0.25) is 0 Å². The summed E-state index contributed by atoms with van der Waals surface area (Å²) in [6.45, 7) is 6.92. The van der Waals surface area contributed by atoms with Gasteiger partial charge < -0.3 is 9.80 Å². The highest BCUT2D eigenvalue weighted by atomic mass is 28.3. The molecule has 0 saturated heterocycles. The summed E-state index contributed by atoms with van der Waals surface area (Å²) >= 11 is 0. The van der Waals surface area contributed by atoms with Crippen molar-refractivity contribution in [2.45, 2.75) is 26.2 Å². The number of hydrogen-bond acceptors (Lipinski definition) is 2. The molecule has 15 rings (SSSR count). The molecule has 12 aromatic carbocycles. The van der Waals surface area contributed by atoms with E-state index in [1.54, 1.807) is 0 Å². The summed E-state index contributed by atoms with van der Waals surface area (Å²) in [6, 6.07) is 102. The van der Waals surface area contributed by atoms with Crippen LogP contribution in [0.3, 0.4) is 0 Å². The van der Waals surface area contributed by atoms with E-state index in [0.29, 0.717) is 0 Å². The van der Waals surface area contributed by atoms with E-state index in [1.165, 1.54) is 126 Å². The van der Waals surface area contributed by atoms with Crippen LogP contribution in [0.4, 0.5) is 34.1 Å². The standard InChI is InChI=1S/C72H53BN2Si/c1-72(2,3)52-28-22-29-53(47-52)74-63-44-50(48-24-8-4-9-25-48)42-43-60(63)73-61-38-23-41-67-71(61)75(62-39-20-21-40-66(62)76(67,54-30-12-6-13-31-54)55-32-14-7-15-33-55)65-46-51(45-64(74)70(65)73)69-58-36-18-16-34-56(58)68(49-26-10-5-11-27-49)57-35-17-19-37-59(57)69/h4-47H,1-3H3. The lowest BCUT2D eigenvalue weighted by Gasteiger charge is -2.51. The van der Waals surface area contributed by atoms with Gasteiger partial charge in [0.05, 0.1) is 0 Å². The SMILES string of the molecule is CC(C)(C)c1cccc(N2c3cc(-c4ccccc4)ccc3B3c4cccc5c4N(c4ccccc4[Si]5(c4ccccc4)c4ccccc4)c4cc(-c5c6ccccc6c(-c6ccccc6)c6ccccc56)cc2c43)c1. The van der Waals surface area contributed by atoms with Crippen LogP contribution in [0.15, 0.2) is 267 Å². The fraction of sp³-hybridized carbons (Fsp3) is 0.0556. The number of anilines is 6. The van der Waals surface area contributed by atoms with Crippen LogP contribution < -0.4 is 46.9 Å². The third-order valence-corrected chi connectivity index (χ3v) is 21.7. The van der Waals surface area contributed by atoms with Crippen molar-refractivity contribution in [3.63, 3.8) is 0 Å². The van der Waals surface area contributed by atoms with Crippen molar-refractivity contribution in [3.8, 4) is 33.4 Å². The fourth-order valence-corrected chi connectivity index (χ4v) is 18.7. The molecule has 2 nitrogen and oxygen atoms in total. The second-order valence-electron chi connectivity index (χ2n) is 21.9. The van der Waals surface area contributed by atoms with Gasteiger partial charge >= 0.3 is 0 Å². The Morgan fingerprint density at radius 2 is 0.842 bits per heavy atom. The number of benzene rings is 12. The van der Waals surface area contributed by atoms with Crippen molar-refractivity contribution >= 4 is 108 Å². The molecule has 0 unspecified atom stereocenters. The largest absolute Gasteiger partial charge is 0.312 e. The Morgan fingerprint density at radius 1 is 0.342 bits per heavy atom. The zero-order valence-corrected chi connectivity index (χ0v) is 43.9. The minimum Gasteiger partial charge on any atom is -0.312 e. The summed E-state index contributed by atoms with van der Waals surface area (Å²) in [5.41, 5.74) is 19.9. The zero-order chi connectivity index (χ0) is 50.7. The number of hydrogen-bond donors (Lipinski definition) is 0. The minimum absolute atomic E-state index is 0.0652. The van der Waals surface area contributed by atoms with Crippen molar-refractivity contribution < 1.29 is 0 Å². The van der Waals surface area contributed by atoms with Gasteiger partial charge in [-0.1, -0.05) is 251 Å². The van der Waals surface area contributed by atoms with Gasteiger partial charge in [-0.25, -0.2) is 0 Å². The Labute approximate surface area is 446 Å². The van der Waals surface area contributed by atoms with Crippen molar-refractivity contribution in [2.24, 2.45) is 0 Å². The quantitative estimate of drug-likeness (QED) is 0.121. The molecule has 0 bridgehead atoms. The first-order valence-electron chi connectivity index (χ1n) is 26.8. The molecule has 3 aliphatic rings. The van der Waals surface area contributed by atoms with E-state index in [-0.39, 0.29) is 12.1 Å². The highest BCUT2D eigenvalue weighted by Crippen LogP contribution is 2.51. The molecule has 76 heavy (non-hydrogen) atoms. The molecule has 0 radical (unpaired) electrons. The maximum atomic E-state index is 2.70. The molecule has 0 aromatic heterocycles. The van der Waals surface area contributed by atoms with E-state index in [9.17, 15) is 0 Å². The number of nitrogens with zero attached hydrogens (tertiary/aromatic N) is 2. The molecule has 358 valence electrons. The van der Waals surface area contributed by atoms with Crippen LogP contribution in [0, 0.1) is 0 Å². The number of rotatable bonds is 6. The van der Waals surface area contributed by atoms with Gasteiger partial charge in [0, 0.05) is 34.1 Å². The molecule has 0 atom stereocenters. The average molecular weight is 985 g/mol. The molecule has 0 fully saturated rings. The first kappa shape index (κ1) is 44.5. The Hall–Kier alpha value is -8.96. The van der Waals surface area contributed by atoms with Crippen molar-refractivity contribution in [1.29, 1.82) is 0 Å². The van der Waals surface area contributed by atoms with Crippen LogP contribution in [0.1, 0.15) is 26.3 Å². The topological polar surface area (TPSA) is 6.48 Å². The van der Waals surface area contributed by atoms with Crippen molar-refractivity contribution in [3.05, 3.63) is 272 Å². The first-order valence-corrected chi connectivity index (χ1v) is 28.8. The van der Waals surface area contributed by atoms with Gasteiger partial charge in [0.25, 0.3) is 6.71 Å². The summed E-state index contributed by atoms with van der Waals surface area (Å²) in [5, 5.41) is 10.6. The predicted molar refractivity (Wildman–Crippen MR) is 328 cm³/mol. The first-order chi connectivity index (χ1) is 37.4. The second-order valence-corrected chi connectivity index (χ2v) is 25.7. The summed E-state index contributed by atoms with van der Waals surface area (Å²) in [4.78, 5) is 5.32. The van der Waals surface area contributed by atoms with E-state index in [4.69, 9.17) is 0 Å². The molecule has 0 N–H and O–H groups in total. The Morgan fingerprint density at radius 3 is 1.46 bits per heavy atom. The van der Waals surface area contributed by atoms with Crippen molar-refractivity contribution in [1.82, 2.24) is 0 Å². The smallest absolute Gasteiger partial charge is 0.252 e. The maximum Gasteiger partial charge on any atom is 0.252 e. The number of fused-ring (bicyclic) bond motifs is 8. The molecular weight excluding hydrogens is 932 g/mol. The lowest BCUT2D eigenvalue weighted by Crippen LogP contribution is -2.79. The lowest BCUT2D eigenvalue weighted by molar-refractivity contribution is 0.590. The average Bonchev–Trinajstić information content (AvgIpc) is 3.64. The molecular formula is C72H53BN2Si. The van der Waals surface area contributed by atoms with Gasteiger partial charge in [-0.05, 0) is 139 Å². The highest BCUT2D eigenvalue weighted by molar-refractivity contribution is 7.22. The monoisotopic (exact) mass is 984 g/mol. The Bertz CT molecular complexity index is 4180. The molecule has 3 heterocycles. The second kappa shape index (κ2) is 17.0. The summed E-state index contributed by atoms with van der Waals surface area (Å²) in [5.74, 6) is 0. The molecule has 0 aliphatic carbocycles. The van der Waals surface area contributed by atoms with Gasteiger partial charge in [0.2, 0.25) is 0 Å². The van der Waals surface area contributed by atoms with E-state index in [1.807, 2.05) is 0 Å². The molecule has 3 aliphatic heterocycles. The summed E-state index contributed by atoms with van der Waals surface area (Å²) < 4.78 is 0. The Kier molecular flexibility index (Phi) is 9.98. The van der Waals surface area contributed by atoms with Gasteiger partial charge in [-0.15, -0.1) is 0 Å². The molecule has 0 spiro atoms. The Balaban J connectivity index is 1.12.